The van der Waals surface area contributed by atoms with E-state index in [1.165, 1.54) is 0 Å². The summed E-state index contributed by atoms with van der Waals surface area (Å²) in [7, 11) is 0. The van der Waals surface area contributed by atoms with Crippen LogP contribution in [0.5, 0.6) is 0 Å². The molecule has 0 fully saturated rings. The summed E-state index contributed by atoms with van der Waals surface area (Å²) in [5.41, 5.74) is 0. The minimum absolute atomic E-state index is 0.269. The highest BCUT2D eigenvalue weighted by Gasteiger charge is 2.15. The number of nitrogens with zero attached hydrogens (tertiary/aromatic N) is 1. The minimum Gasteiger partial charge on any atom is -0.390 e. The molecule has 0 aromatic heterocycles. The Morgan fingerprint density at radius 2 is 1.47 bits per heavy atom. The van der Waals surface area contributed by atoms with Crippen LogP contribution >= 0.6 is 0 Å². The normalized spacial score (nSPS) is 14.3. The molecule has 2 N–H and O–H groups in total. The number of hydrogen-bond acceptors (Lipinski definition) is 3. The summed E-state index contributed by atoms with van der Waals surface area (Å²) in [6, 6.07) is 0.497. The molecule has 0 aliphatic carbocycles. The summed E-state index contributed by atoms with van der Waals surface area (Å²) >= 11 is 0. The Hall–Kier alpha value is -0.120. The summed E-state index contributed by atoms with van der Waals surface area (Å²) < 4.78 is 0. The van der Waals surface area contributed by atoms with Crippen LogP contribution in [0.3, 0.4) is 0 Å². The first kappa shape index (κ1) is 16.9. The third-order valence-electron chi connectivity index (χ3n) is 2.71. The molecule has 0 aliphatic rings. The van der Waals surface area contributed by atoms with Gasteiger partial charge in [0.05, 0.1) is 6.10 Å². The fourth-order valence-corrected chi connectivity index (χ4v) is 1.84. The summed E-state index contributed by atoms with van der Waals surface area (Å²) in [6.45, 7) is 16.7. The molecule has 104 valence electrons. The Labute approximate surface area is 108 Å². The van der Waals surface area contributed by atoms with Gasteiger partial charge in [0.2, 0.25) is 0 Å². The summed E-state index contributed by atoms with van der Waals surface area (Å²) in [6.07, 6.45) is -0.269. The van der Waals surface area contributed by atoms with Gasteiger partial charge in [-0.05, 0) is 32.2 Å². The summed E-state index contributed by atoms with van der Waals surface area (Å²) in [4.78, 5) is 2.35. The lowest BCUT2D eigenvalue weighted by Gasteiger charge is -2.30. The number of nitrogens with one attached hydrogen (secondary N) is 1. The van der Waals surface area contributed by atoms with Gasteiger partial charge in [-0.2, -0.15) is 0 Å². The fourth-order valence-electron chi connectivity index (χ4n) is 1.84. The molecule has 0 amide bonds. The maximum absolute atomic E-state index is 9.99. The quantitative estimate of drug-likeness (QED) is 0.651. The van der Waals surface area contributed by atoms with Crippen LogP contribution in [0.15, 0.2) is 0 Å². The molecular weight excluding hydrogens is 212 g/mol. The van der Waals surface area contributed by atoms with Crippen LogP contribution in [0, 0.1) is 11.8 Å². The van der Waals surface area contributed by atoms with Crippen molar-refractivity contribution in [2.24, 2.45) is 11.8 Å². The van der Waals surface area contributed by atoms with E-state index in [-0.39, 0.29) is 6.10 Å². The first-order valence-electron chi connectivity index (χ1n) is 6.95. The van der Waals surface area contributed by atoms with Crippen LogP contribution in [0.4, 0.5) is 0 Å². The lowest BCUT2D eigenvalue weighted by atomic mass is 10.1. The number of aliphatic hydroxyl groups excluding tert-OH is 1. The molecule has 1 atom stereocenters. The van der Waals surface area contributed by atoms with E-state index in [0.29, 0.717) is 24.4 Å². The third kappa shape index (κ3) is 9.57. The van der Waals surface area contributed by atoms with Crippen molar-refractivity contribution in [3.8, 4) is 0 Å². The lowest BCUT2D eigenvalue weighted by Crippen LogP contribution is -2.43. The molecule has 0 aliphatic heterocycles. The van der Waals surface area contributed by atoms with Crippen molar-refractivity contribution in [1.29, 1.82) is 0 Å². The lowest BCUT2D eigenvalue weighted by molar-refractivity contribution is 0.0867. The zero-order chi connectivity index (χ0) is 13.4. The topological polar surface area (TPSA) is 35.5 Å². The predicted molar refractivity (Wildman–Crippen MR) is 75.3 cm³/mol. The van der Waals surface area contributed by atoms with Gasteiger partial charge in [-0.1, -0.05) is 27.7 Å². The molecular formula is C14H32N2O. The Morgan fingerprint density at radius 3 is 1.88 bits per heavy atom. The molecule has 1 unspecified atom stereocenters. The average Bonchev–Trinajstić information content (AvgIpc) is 2.15. The largest absolute Gasteiger partial charge is 0.390 e. The second-order valence-corrected chi connectivity index (χ2v) is 6.15. The van der Waals surface area contributed by atoms with Crippen LogP contribution in [0.25, 0.3) is 0 Å². The molecule has 0 aromatic rings. The molecule has 0 saturated carbocycles. The van der Waals surface area contributed by atoms with E-state index in [4.69, 9.17) is 0 Å². The Kier molecular flexibility index (Phi) is 8.83. The van der Waals surface area contributed by atoms with Crippen molar-refractivity contribution in [2.45, 2.75) is 53.7 Å². The maximum Gasteiger partial charge on any atom is 0.0791 e. The van der Waals surface area contributed by atoms with Crippen LogP contribution < -0.4 is 5.32 Å². The van der Waals surface area contributed by atoms with Gasteiger partial charge in [0.15, 0.2) is 0 Å². The van der Waals surface area contributed by atoms with E-state index in [1.54, 1.807) is 0 Å². The monoisotopic (exact) mass is 244 g/mol. The first-order valence-corrected chi connectivity index (χ1v) is 6.95. The minimum atomic E-state index is -0.269. The van der Waals surface area contributed by atoms with Crippen molar-refractivity contribution in [2.75, 3.05) is 26.2 Å². The predicted octanol–water partition coefficient (Wildman–Crippen LogP) is 1.96. The molecule has 3 nitrogen and oxygen atoms in total. The highest BCUT2D eigenvalue weighted by atomic mass is 16.3. The van der Waals surface area contributed by atoms with Crippen LogP contribution in [0.1, 0.15) is 41.5 Å². The summed E-state index contributed by atoms with van der Waals surface area (Å²) in [5, 5.41) is 13.3. The number of aliphatic hydroxyl groups is 1. The highest BCUT2D eigenvalue weighted by molar-refractivity contribution is 4.71. The van der Waals surface area contributed by atoms with Crippen molar-refractivity contribution in [3.05, 3.63) is 0 Å². The molecule has 0 saturated heterocycles. The smallest absolute Gasteiger partial charge is 0.0791 e. The Balaban J connectivity index is 3.91. The van der Waals surface area contributed by atoms with Gasteiger partial charge in [0, 0.05) is 25.7 Å². The molecule has 0 aromatic carbocycles. The molecule has 0 bridgehead atoms. The van der Waals surface area contributed by atoms with Gasteiger partial charge in [-0.15, -0.1) is 0 Å². The molecule has 3 heteroatoms. The van der Waals surface area contributed by atoms with Crippen molar-refractivity contribution < 1.29 is 5.11 Å². The van der Waals surface area contributed by atoms with Gasteiger partial charge in [-0.3, -0.25) is 4.90 Å². The highest BCUT2D eigenvalue weighted by Crippen LogP contribution is 2.05. The van der Waals surface area contributed by atoms with E-state index in [9.17, 15) is 5.11 Å². The van der Waals surface area contributed by atoms with Crippen LogP contribution in [0.2, 0.25) is 0 Å². The average molecular weight is 244 g/mol. The third-order valence-corrected chi connectivity index (χ3v) is 2.71. The Bertz CT molecular complexity index is 181. The second kappa shape index (κ2) is 8.90. The molecule has 0 radical (unpaired) electrons. The SMILES string of the molecule is CC(C)CNCC(O)CN(CC(C)C)C(C)C. The van der Waals surface area contributed by atoms with Gasteiger partial charge in [0.1, 0.15) is 0 Å². The second-order valence-electron chi connectivity index (χ2n) is 6.15. The molecule has 17 heavy (non-hydrogen) atoms. The van der Waals surface area contributed by atoms with Crippen molar-refractivity contribution in [3.63, 3.8) is 0 Å². The zero-order valence-electron chi connectivity index (χ0n) is 12.5. The van der Waals surface area contributed by atoms with Gasteiger partial charge < -0.3 is 10.4 Å². The van der Waals surface area contributed by atoms with E-state index in [0.717, 1.165) is 19.6 Å². The summed E-state index contributed by atoms with van der Waals surface area (Å²) in [5.74, 6) is 1.28. The number of rotatable bonds is 9. The van der Waals surface area contributed by atoms with E-state index < -0.39 is 0 Å². The molecule has 0 spiro atoms. The van der Waals surface area contributed by atoms with E-state index in [2.05, 4.69) is 51.8 Å². The standard InChI is InChI=1S/C14H32N2O/c1-11(2)7-15-8-14(17)10-16(13(5)6)9-12(3)4/h11-15,17H,7-10H2,1-6H3. The van der Waals surface area contributed by atoms with Gasteiger partial charge >= 0.3 is 0 Å². The van der Waals surface area contributed by atoms with E-state index >= 15 is 0 Å². The van der Waals surface area contributed by atoms with Crippen LogP contribution in [-0.2, 0) is 0 Å². The van der Waals surface area contributed by atoms with Gasteiger partial charge in [0.25, 0.3) is 0 Å². The molecule has 0 heterocycles. The zero-order valence-corrected chi connectivity index (χ0v) is 12.5. The molecule has 0 rings (SSSR count). The fraction of sp³-hybridized carbons (Fsp3) is 1.00. The van der Waals surface area contributed by atoms with E-state index in [1.807, 2.05) is 0 Å². The van der Waals surface area contributed by atoms with Crippen molar-refractivity contribution >= 4 is 0 Å². The first-order chi connectivity index (χ1) is 7.82. The number of hydrogen-bond donors (Lipinski definition) is 2. The van der Waals surface area contributed by atoms with Gasteiger partial charge in [-0.25, -0.2) is 0 Å². The van der Waals surface area contributed by atoms with Crippen molar-refractivity contribution in [1.82, 2.24) is 10.2 Å². The van der Waals surface area contributed by atoms with Crippen LogP contribution in [-0.4, -0.2) is 48.3 Å². The Morgan fingerprint density at radius 1 is 0.882 bits per heavy atom. The maximum atomic E-state index is 9.99.